The van der Waals surface area contributed by atoms with Gasteiger partial charge in [-0.2, -0.15) is 0 Å². The number of aryl methyl sites for hydroxylation is 1. The van der Waals surface area contributed by atoms with Crippen molar-refractivity contribution in [3.05, 3.63) is 54.1 Å². The number of halogens is 1. The standard InChI is InChI=1S/C15H14N4O.ClH/c1-10-18-13-9-17-7-6-14(13)19(10)12-4-2-11(3-5-12)15(20)8-16;/h2-7,9H,8,16H2,1H3;1H. The maximum Gasteiger partial charge on any atom is 0.176 e. The van der Waals surface area contributed by atoms with Gasteiger partial charge in [0, 0.05) is 17.4 Å². The summed E-state index contributed by atoms with van der Waals surface area (Å²) in [4.78, 5) is 20.1. The number of imidazole rings is 1. The number of pyridine rings is 1. The molecule has 3 aromatic rings. The van der Waals surface area contributed by atoms with Gasteiger partial charge < -0.3 is 5.73 Å². The van der Waals surface area contributed by atoms with Gasteiger partial charge in [-0.05, 0) is 37.3 Å². The summed E-state index contributed by atoms with van der Waals surface area (Å²) in [7, 11) is 0. The molecule has 0 aliphatic rings. The molecule has 0 radical (unpaired) electrons. The molecule has 0 aliphatic heterocycles. The molecule has 2 N–H and O–H groups in total. The minimum Gasteiger partial charge on any atom is -0.324 e. The monoisotopic (exact) mass is 302 g/mol. The number of ketones is 1. The van der Waals surface area contributed by atoms with E-state index in [1.807, 2.05) is 29.7 Å². The van der Waals surface area contributed by atoms with E-state index < -0.39 is 0 Å². The Kier molecular flexibility index (Phi) is 4.35. The Morgan fingerprint density at radius 1 is 1.24 bits per heavy atom. The summed E-state index contributed by atoms with van der Waals surface area (Å²) in [6, 6.07) is 9.30. The second kappa shape index (κ2) is 6.03. The summed E-state index contributed by atoms with van der Waals surface area (Å²) in [6.45, 7) is 1.97. The first-order valence-corrected chi connectivity index (χ1v) is 6.33. The van der Waals surface area contributed by atoms with Crippen LogP contribution in [0, 0.1) is 6.92 Å². The highest BCUT2D eigenvalue weighted by Gasteiger charge is 2.10. The van der Waals surface area contributed by atoms with Crippen LogP contribution in [0.3, 0.4) is 0 Å². The number of benzene rings is 1. The third-order valence-electron chi connectivity index (χ3n) is 3.26. The van der Waals surface area contributed by atoms with E-state index in [0.29, 0.717) is 5.56 Å². The molecule has 21 heavy (non-hydrogen) atoms. The summed E-state index contributed by atoms with van der Waals surface area (Å²) in [6.07, 6.45) is 3.48. The molecular weight excluding hydrogens is 288 g/mol. The number of aromatic nitrogens is 3. The molecule has 6 heteroatoms. The quantitative estimate of drug-likeness (QED) is 0.753. The number of hydrogen-bond donors (Lipinski definition) is 1. The minimum absolute atomic E-state index is 0. The number of fused-ring (bicyclic) bond motifs is 1. The maximum atomic E-state index is 11.5. The molecule has 0 saturated heterocycles. The maximum absolute atomic E-state index is 11.5. The van der Waals surface area contributed by atoms with Crippen LogP contribution in [0.4, 0.5) is 0 Å². The predicted molar refractivity (Wildman–Crippen MR) is 84.2 cm³/mol. The Morgan fingerprint density at radius 3 is 2.62 bits per heavy atom. The van der Waals surface area contributed by atoms with Gasteiger partial charge in [0.05, 0.1) is 18.3 Å². The van der Waals surface area contributed by atoms with Crippen molar-refractivity contribution in [2.75, 3.05) is 6.54 Å². The Balaban J connectivity index is 0.00000161. The van der Waals surface area contributed by atoms with Gasteiger partial charge in [-0.25, -0.2) is 4.98 Å². The van der Waals surface area contributed by atoms with Crippen molar-refractivity contribution in [2.45, 2.75) is 6.92 Å². The van der Waals surface area contributed by atoms with Crippen LogP contribution in [0.25, 0.3) is 16.7 Å². The highest BCUT2D eigenvalue weighted by atomic mass is 35.5. The number of rotatable bonds is 3. The highest BCUT2D eigenvalue weighted by Crippen LogP contribution is 2.20. The molecule has 1 aromatic carbocycles. The summed E-state index contributed by atoms with van der Waals surface area (Å²) >= 11 is 0. The Bertz CT molecular complexity index is 780. The van der Waals surface area contributed by atoms with E-state index in [2.05, 4.69) is 9.97 Å². The van der Waals surface area contributed by atoms with E-state index in [-0.39, 0.29) is 24.7 Å². The number of nitrogens with two attached hydrogens (primary N) is 1. The number of carbonyl (C=O) groups excluding carboxylic acids is 1. The Hall–Kier alpha value is -2.24. The SMILES string of the molecule is Cc1nc2cnccc2n1-c1ccc(C(=O)CN)cc1.Cl. The Morgan fingerprint density at radius 2 is 1.95 bits per heavy atom. The van der Waals surface area contributed by atoms with Gasteiger partial charge in [0.2, 0.25) is 0 Å². The number of carbonyl (C=O) groups is 1. The molecular formula is C15H15ClN4O. The van der Waals surface area contributed by atoms with Crippen molar-refractivity contribution in [1.82, 2.24) is 14.5 Å². The highest BCUT2D eigenvalue weighted by molar-refractivity contribution is 5.97. The first-order valence-electron chi connectivity index (χ1n) is 6.33. The van der Waals surface area contributed by atoms with E-state index in [9.17, 15) is 4.79 Å². The molecule has 0 bridgehead atoms. The van der Waals surface area contributed by atoms with Crippen LogP contribution in [-0.4, -0.2) is 26.9 Å². The second-order valence-electron chi connectivity index (χ2n) is 4.53. The molecule has 0 amide bonds. The average molecular weight is 303 g/mol. The molecule has 3 rings (SSSR count). The van der Waals surface area contributed by atoms with E-state index >= 15 is 0 Å². The van der Waals surface area contributed by atoms with Gasteiger partial charge in [-0.15, -0.1) is 12.4 Å². The van der Waals surface area contributed by atoms with Crippen molar-refractivity contribution in [2.24, 2.45) is 5.73 Å². The number of nitrogens with zero attached hydrogens (tertiary/aromatic N) is 3. The predicted octanol–water partition coefficient (Wildman–Crippen LogP) is 2.29. The molecule has 108 valence electrons. The zero-order valence-corrected chi connectivity index (χ0v) is 12.3. The van der Waals surface area contributed by atoms with E-state index in [4.69, 9.17) is 5.73 Å². The molecule has 0 spiro atoms. The lowest BCUT2D eigenvalue weighted by Gasteiger charge is -2.07. The molecule has 0 atom stereocenters. The fraction of sp³-hybridized carbons (Fsp3) is 0.133. The molecule has 0 fully saturated rings. The van der Waals surface area contributed by atoms with Crippen LogP contribution in [-0.2, 0) is 0 Å². The summed E-state index contributed by atoms with van der Waals surface area (Å²) < 4.78 is 2.04. The van der Waals surface area contributed by atoms with Crippen molar-refractivity contribution < 1.29 is 4.79 Å². The summed E-state index contributed by atoms with van der Waals surface area (Å²) in [5.74, 6) is 0.818. The molecule has 2 heterocycles. The molecule has 2 aromatic heterocycles. The van der Waals surface area contributed by atoms with Crippen molar-refractivity contribution in [3.63, 3.8) is 0 Å². The summed E-state index contributed by atoms with van der Waals surface area (Å²) in [5, 5.41) is 0. The van der Waals surface area contributed by atoms with Crippen molar-refractivity contribution in [1.29, 1.82) is 0 Å². The smallest absolute Gasteiger partial charge is 0.176 e. The van der Waals surface area contributed by atoms with E-state index in [1.54, 1.807) is 24.5 Å². The van der Waals surface area contributed by atoms with Gasteiger partial charge in [-0.3, -0.25) is 14.3 Å². The van der Waals surface area contributed by atoms with Crippen molar-refractivity contribution >= 4 is 29.2 Å². The van der Waals surface area contributed by atoms with Gasteiger partial charge in [0.25, 0.3) is 0 Å². The van der Waals surface area contributed by atoms with Crippen LogP contribution < -0.4 is 5.73 Å². The van der Waals surface area contributed by atoms with Crippen LogP contribution >= 0.6 is 12.4 Å². The number of Topliss-reactive ketones (excluding diaryl/α,β-unsaturated/α-hetero) is 1. The van der Waals surface area contributed by atoms with Gasteiger partial charge in [0.15, 0.2) is 5.78 Å². The molecule has 0 unspecified atom stereocenters. The van der Waals surface area contributed by atoms with Crippen LogP contribution in [0.5, 0.6) is 0 Å². The molecule has 5 nitrogen and oxygen atoms in total. The largest absolute Gasteiger partial charge is 0.324 e. The third-order valence-corrected chi connectivity index (χ3v) is 3.26. The topological polar surface area (TPSA) is 73.8 Å². The zero-order valence-electron chi connectivity index (χ0n) is 11.5. The van der Waals surface area contributed by atoms with Gasteiger partial charge >= 0.3 is 0 Å². The normalized spacial score (nSPS) is 10.4. The van der Waals surface area contributed by atoms with E-state index in [0.717, 1.165) is 22.5 Å². The first-order chi connectivity index (χ1) is 9.70. The fourth-order valence-corrected chi connectivity index (χ4v) is 2.29. The Labute approximate surface area is 128 Å². The van der Waals surface area contributed by atoms with Crippen LogP contribution in [0.1, 0.15) is 16.2 Å². The molecule has 0 aliphatic carbocycles. The summed E-state index contributed by atoms with van der Waals surface area (Å²) in [5.41, 5.74) is 8.80. The lowest BCUT2D eigenvalue weighted by Crippen LogP contribution is -2.13. The third kappa shape index (κ3) is 2.66. The van der Waals surface area contributed by atoms with E-state index in [1.165, 1.54) is 0 Å². The lowest BCUT2D eigenvalue weighted by atomic mass is 10.1. The zero-order chi connectivity index (χ0) is 14.1. The second-order valence-corrected chi connectivity index (χ2v) is 4.53. The minimum atomic E-state index is -0.0621. The van der Waals surface area contributed by atoms with Gasteiger partial charge in [-0.1, -0.05) is 0 Å². The van der Waals surface area contributed by atoms with Crippen molar-refractivity contribution in [3.8, 4) is 5.69 Å². The first kappa shape index (κ1) is 15.2. The van der Waals surface area contributed by atoms with Gasteiger partial charge in [0.1, 0.15) is 11.3 Å². The lowest BCUT2D eigenvalue weighted by molar-refractivity contribution is 0.100. The van der Waals surface area contributed by atoms with Crippen LogP contribution in [0.15, 0.2) is 42.7 Å². The van der Waals surface area contributed by atoms with Crippen LogP contribution in [0.2, 0.25) is 0 Å². The average Bonchev–Trinajstić information content (AvgIpc) is 2.82. The number of hydrogen-bond acceptors (Lipinski definition) is 4. The molecule has 0 saturated carbocycles. The fourth-order valence-electron chi connectivity index (χ4n) is 2.29.